The molecule has 2 N–H and O–H groups in total. The van der Waals surface area contributed by atoms with Crippen LogP contribution in [0.5, 0.6) is 0 Å². The molecule has 1 fully saturated rings. The topological polar surface area (TPSA) is 60.9 Å². The summed E-state index contributed by atoms with van der Waals surface area (Å²) >= 11 is 0. The van der Waals surface area contributed by atoms with Gasteiger partial charge < -0.3 is 5.73 Å². The molecule has 22 heavy (non-hydrogen) atoms. The standard InChI is InChI=1S/C18H23N3O/c1-12-18(13(2)21(20-12)11-17(19)22)16-9-7-15(8-10-16)14-5-3-4-6-14/h7-10,14H,3-6,11H2,1-2H3,(H2,19,22). The molecule has 1 aliphatic rings. The summed E-state index contributed by atoms with van der Waals surface area (Å²) < 4.78 is 1.69. The normalized spacial score (nSPS) is 15.4. The lowest BCUT2D eigenvalue weighted by molar-refractivity contribution is -0.118. The van der Waals surface area contributed by atoms with Gasteiger partial charge >= 0.3 is 0 Å². The summed E-state index contributed by atoms with van der Waals surface area (Å²) in [5.74, 6) is 0.363. The molecule has 1 amide bonds. The van der Waals surface area contributed by atoms with Crippen LogP contribution in [0.2, 0.25) is 0 Å². The number of nitrogens with two attached hydrogens (primary N) is 1. The van der Waals surface area contributed by atoms with E-state index in [1.54, 1.807) is 4.68 Å². The number of aryl methyl sites for hydroxylation is 1. The second-order valence-corrected chi connectivity index (χ2v) is 6.27. The number of amides is 1. The molecule has 0 atom stereocenters. The molecular formula is C18H23N3O. The van der Waals surface area contributed by atoms with E-state index in [-0.39, 0.29) is 12.5 Å². The van der Waals surface area contributed by atoms with Gasteiger partial charge in [0.15, 0.2) is 0 Å². The Hall–Kier alpha value is -2.10. The minimum atomic E-state index is -0.367. The Morgan fingerprint density at radius 2 is 1.86 bits per heavy atom. The Balaban J connectivity index is 1.90. The lowest BCUT2D eigenvalue weighted by Crippen LogP contribution is -2.20. The smallest absolute Gasteiger partial charge is 0.239 e. The summed E-state index contributed by atoms with van der Waals surface area (Å²) in [6.07, 6.45) is 5.33. The van der Waals surface area contributed by atoms with Gasteiger partial charge in [-0.05, 0) is 43.7 Å². The predicted octanol–water partition coefficient (Wildman–Crippen LogP) is 3.31. The molecule has 0 bridgehead atoms. The Labute approximate surface area is 131 Å². The Morgan fingerprint density at radius 3 is 2.45 bits per heavy atom. The third kappa shape index (κ3) is 2.78. The SMILES string of the molecule is Cc1nn(CC(N)=O)c(C)c1-c1ccc(C2CCCC2)cc1. The van der Waals surface area contributed by atoms with Crippen molar-refractivity contribution in [1.29, 1.82) is 0 Å². The average Bonchev–Trinajstić information content (AvgIpc) is 3.09. The summed E-state index contributed by atoms with van der Waals surface area (Å²) in [7, 11) is 0. The molecule has 3 rings (SSSR count). The van der Waals surface area contributed by atoms with Crippen molar-refractivity contribution in [2.24, 2.45) is 5.73 Å². The summed E-state index contributed by atoms with van der Waals surface area (Å²) in [6, 6.07) is 8.85. The van der Waals surface area contributed by atoms with Crippen LogP contribution in [0, 0.1) is 13.8 Å². The largest absolute Gasteiger partial charge is 0.368 e. The minimum absolute atomic E-state index is 0.132. The van der Waals surface area contributed by atoms with Crippen LogP contribution in [-0.4, -0.2) is 15.7 Å². The lowest BCUT2D eigenvalue weighted by atomic mass is 9.95. The van der Waals surface area contributed by atoms with Crippen LogP contribution in [0.3, 0.4) is 0 Å². The summed E-state index contributed by atoms with van der Waals surface area (Å²) in [5.41, 5.74) is 10.9. The molecule has 0 spiro atoms. The van der Waals surface area contributed by atoms with Gasteiger partial charge in [-0.15, -0.1) is 0 Å². The average molecular weight is 297 g/mol. The maximum atomic E-state index is 11.1. The molecule has 2 aromatic rings. The quantitative estimate of drug-likeness (QED) is 0.941. The highest BCUT2D eigenvalue weighted by Crippen LogP contribution is 2.35. The first-order valence-corrected chi connectivity index (χ1v) is 7.99. The van der Waals surface area contributed by atoms with Crippen LogP contribution in [0.15, 0.2) is 24.3 Å². The molecule has 1 aliphatic carbocycles. The van der Waals surface area contributed by atoms with Crippen molar-refractivity contribution in [3.05, 3.63) is 41.2 Å². The first-order chi connectivity index (χ1) is 10.6. The second kappa shape index (κ2) is 5.95. The van der Waals surface area contributed by atoms with Crippen molar-refractivity contribution in [2.45, 2.75) is 52.0 Å². The molecule has 0 saturated heterocycles. The van der Waals surface area contributed by atoms with E-state index in [4.69, 9.17) is 5.73 Å². The fourth-order valence-corrected chi connectivity index (χ4v) is 3.60. The molecule has 0 radical (unpaired) electrons. The van der Waals surface area contributed by atoms with E-state index in [0.29, 0.717) is 0 Å². The van der Waals surface area contributed by atoms with Gasteiger partial charge in [0, 0.05) is 11.3 Å². The number of hydrogen-bond acceptors (Lipinski definition) is 2. The van der Waals surface area contributed by atoms with Crippen LogP contribution < -0.4 is 5.73 Å². The molecule has 116 valence electrons. The van der Waals surface area contributed by atoms with Crippen molar-refractivity contribution in [2.75, 3.05) is 0 Å². The van der Waals surface area contributed by atoms with Gasteiger partial charge in [-0.1, -0.05) is 37.1 Å². The molecule has 4 nitrogen and oxygen atoms in total. The summed E-state index contributed by atoms with van der Waals surface area (Å²) in [5, 5.41) is 4.44. The van der Waals surface area contributed by atoms with Gasteiger partial charge in [-0.25, -0.2) is 0 Å². The van der Waals surface area contributed by atoms with E-state index in [2.05, 4.69) is 29.4 Å². The molecule has 1 saturated carbocycles. The maximum Gasteiger partial charge on any atom is 0.239 e. The molecule has 0 unspecified atom stereocenters. The van der Waals surface area contributed by atoms with Gasteiger partial charge in [0.1, 0.15) is 6.54 Å². The van der Waals surface area contributed by atoms with Crippen molar-refractivity contribution < 1.29 is 4.79 Å². The van der Waals surface area contributed by atoms with E-state index in [9.17, 15) is 4.79 Å². The highest BCUT2D eigenvalue weighted by Gasteiger charge is 2.18. The predicted molar refractivity (Wildman–Crippen MR) is 87.5 cm³/mol. The molecule has 1 heterocycles. The van der Waals surface area contributed by atoms with Crippen LogP contribution in [0.4, 0.5) is 0 Å². The van der Waals surface area contributed by atoms with Crippen molar-refractivity contribution in [3.8, 4) is 11.1 Å². The molecular weight excluding hydrogens is 274 g/mol. The number of rotatable bonds is 4. The number of primary amides is 1. The zero-order valence-electron chi connectivity index (χ0n) is 13.3. The fourth-order valence-electron chi connectivity index (χ4n) is 3.60. The minimum Gasteiger partial charge on any atom is -0.368 e. The van der Waals surface area contributed by atoms with Crippen LogP contribution in [0.1, 0.15) is 48.6 Å². The summed E-state index contributed by atoms with van der Waals surface area (Å²) in [4.78, 5) is 11.1. The number of benzene rings is 1. The number of aromatic nitrogens is 2. The fraction of sp³-hybridized carbons (Fsp3) is 0.444. The van der Waals surface area contributed by atoms with E-state index in [0.717, 1.165) is 28.4 Å². The molecule has 1 aromatic carbocycles. The molecule has 4 heteroatoms. The lowest BCUT2D eigenvalue weighted by Gasteiger charge is -2.10. The van der Waals surface area contributed by atoms with Gasteiger partial charge in [0.2, 0.25) is 5.91 Å². The van der Waals surface area contributed by atoms with Gasteiger partial charge in [-0.2, -0.15) is 5.10 Å². The van der Waals surface area contributed by atoms with Crippen molar-refractivity contribution in [1.82, 2.24) is 9.78 Å². The Kier molecular flexibility index (Phi) is 4.01. The van der Waals surface area contributed by atoms with Gasteiger partial charge in [-0.3, -0.25) is 9.48 Å². The van der Waals surface area contributed by atoms with E-state index in [1.165, 1.54) is 31.2 Å². The Bertz CT molecular complexity index is 679. The molecule has 1 aromatic heterocycles. The van der Waals surface area contributed by atoms with E-state index in [1.807, 2.05) is 13.8 Å². The number of nitrogens with zero attached hydrogens (tertiary/aromatic N) is 2. The van der Waals surface area contributed by atoms with Crippen molar-refractivity contribution in [3.63, 3.8) is 0 Å². The van der Waals surface area contributed by atoms with Crippen LogP contribution >= 0.6 is 0 Å². The van der Waals surface area contributed by atoms with E-state index < -0.39 is 0 Å². The summed E-state index contributed by atoms with van der Waals surface area (Å²) in [6.45, 7) is 4.10. The Morgan fingerprint density at radius 1 is 1.23 bits per heavy atom. The van der Waals surface area contributed by atoms with E-state index >= 15 is 0 Å². The highest BCUT2D eigenvalue weighted by atomic mass is 16.1. The first kappa shape index (κ1) is 14.8. The van der Waals surface area contributed by atoms with Crippen LogP contribution in [-0.2, 0) is 11.3 Å². The maximum absolute atomic E-state index is 11.1. The number of hydrogen-bond donors (Lipinski definition) is 1. The third-order valence-electron chi connectivity index (χ3n) is 4.71. The van der Waals surface area contributed by atoms with Crippen LogP contribution in [0.25, 0.3) is 11.1 Å². The highest BCUT2D eigenvalue weighted by molar-refractivity contribution is 5.74. The van der Waals surface area contributed by atoms with Gasteiger partial charge in [0.05, 0.1) is 5.69 Å². The number of carbonyl (C=O) groups is 1. The van der Waals surface area contributed by atoms with Crippen molar-refractivity contribution >= 4 is 5.91 Å². The number of carbonyl (C=O) groups excluding carboxylic acids is 1. The second-order valence-electron chi connectivity index (χ2n) is 6.27. The van der Waals surface area contributed by atoms with Gasteiger partial charge in [0.25, 0.3) is 0 Å². The zero-order valence-corrected chi connectivity index (χ0v) is 13.3. The molecule has 0 aliphatic heterocycles. The monoisotopic (exact) mass is 297 g/mol. The zero-order chi connectivity index (χ0) is 15.7. The first-order valence-electron chi connectivity index (χ1n) is 7.99. The third-order valence-corrected chi connectivity index (χ3v) is 4.71.